The fourth-order valence-electron chi connectivity index (χ4n) is 1.46. The zero-order valence-corrected chi connectivity index (χ0v) is 8.12. The van der Waals surface area contributed by atoms with Crippen LogP contribution in [0.3, 0.4) is 0 Å². The van der Waals surface area contributed by atoms with E-state index in [-0.39, 0.29) is 0 Å². The van der Waals surface area contributed by atoms with E-state index in [0.717, 1.165) is 21.5 Å². The molecule has 3 aromatic rings. The molecule has 0 saturated carbocycles. The molecule has 3 heteroatoms. The number of benzene rings is 1. The molecule has 2 heterocycles. The molecule has 0 aliphatic carbocycles. The number of aromatic nitrogens is 1. The number of rotatable bonds is 1. The summed E-state index contributed by atoms with van der Waals surface area (Å²) in [5.74, 6) is 0. The van der Waals surface area contributed by atoms with Gasteiger partial charge in [-0.25, -0.2) is 0 Å². The number of hydrogen-bond acceptors (Lipinski definition) is 3. The van der Waals surface area contributed by atoms with Crippen molar-refractivity contribution in [1.29, 1.82) is 0 Å². The fourth-order valence-corrected chi connectivity index (χ4v) is 2.27. The van der Waals surface area contributed by atoms with Crippen LogP contribution >= 0.6 is 11.3 Å². The molecule has 1 aromatic carbocycles. The third kappa shape index (κ3) is 1.06. The first-order chi connectivity index (χ1) is 6.95. The largest absolute Gasteiger partial charge is 0.355 e. The first-order valence-corrected chi connectivity index (χ1v) is 5.21. The van der Waals surface area contributed by atoms with Gasteiger partial charge in [-0.2, -0.15) is 0 Å². The van der Waals surface area contributed by atoms with E-state index in [1.54, 1.807) is 11.3 Å². The number of nitrogens with zero attached hydrogens (tertiary/aromatic N) is 1. The summed E-state index contributed by atoms with van der Waals surface area (Å²) in [5.41, 5.74) is 2.91. The Hall–Kier alpha value is -1.61. The lowest BCUT2D eigenvalue weighted by molar-refractivity contribution is 0.459. The first-order valence-electron chi connectivity index (χ1n) is 4.33. The van der Waals surface area contributed by atoms with Gasteiger partial charge in [-0.3, -0.25) is 0 Å². The Balaban J connectivity index is 2.28. The summed E-state index contributed by atoms with van der Waals surface area (Å²) in [6, 6.07) is 12.0. The predicted octanol–water partition coefficient (Wildman–Crippen LogP) is 3.56. The van der Waals surface area contributed by atoms with E-state index in [0.29, 0.717) is 0 Å². The molecule has 0 bridgehead atoms. The molecule has 68 valence electrons. The highest BCUT2D eigenvalue weighted by Gasteiger charge is 2.10. The van der Waals surface area contributed by atoms with Gasteiger partial charge in [-0.15, -0.1) is 11.3 Å². The quantitative estimate of drug-likeness (QED) is 0.601. The topological polar surface area (TPSA) is 26.0 Å². The third-order valence-corrected chi connectivity index (χ3v) is 3.03. The summed E-state index contributed by atoms with van der Waals surface area (Å²) < 4.78 is 6.33. The third-order valence-electron chi connectivity index (χ3n) is 2.13. The summed E-state index contributed by atoms with van der Waals surface area (Å²) >= 11 is 1.66. The van der Waals surface area contributed by atoms with Crippen LogP contribution in [0.15, 0.2) is 46.3 Å². The average Bonchev–Trinajstić information content (AvgIpc) is 2.79. The maximum Gasteiger partial charge on any atom is 0.178 e. The lowest BCUT2D eigenvalue weighted by Crippen LogP contribution is -1.74. The Kier molecular flexibility index (Phi) is 1.64. The maximum absolute atomic E-state index is 5.20. The molecule has 0 atom stereocenters. The highest BCUT2D eigenvalue weighted by Crippen LogP contribution is 2.31. The van der Waals surface area contributed by atoms with Crippen LogP contribution in [-0.4, -0.2) is 5.16 Å². The molecular weight excluding hydrogens is 194 g/mol. The molecule has 2 nitrogen and oxygen atoms in total. The van der Waals surface area contributed by atoms with Gasteiger partial charge in [0.15, 0.2) is 5.58 Å². The smallest absolute Gasteiger partial charge is 0.178 e. The highest BCUT2D eigenvalue weighted by atomic mass is 32.1. The average molecular weight is 201 g/mol. The van der Waals surface area contributed by atoms with Crippen LogP contribution < -0.4 is 0 Å². The zero-order valence-electron chi connectivity index (χ0n) is 7.31. The summed E-state index contributed by atoms with van der Waals surface area (Å²) in [7, 11) is 0. The van der Waals surface area contributed by atoms with Gasteiger partial charge < -0.3 is 4.52 Å². The Morgan fingerprint density at radius 1 is 1.07 bits per heavy atom. The van der Waals surface area contributed by atoms with Gasteiger partial charge in [0.25, 0.3) is 0 Å². The van der Waals surface area contributed by atoms with Crippen molar-refractivity contribution in [2.24, 2.45) is 0 Å². The molecule has 0 spiro atoms. The summed E-state index contributed by atoms with van der Waals surface area (Å²) in [5, 5.41) is 6.08. The standard InChI is InChI=1S/C11H7NOS/c1-2-4-8(5-3-1)10-11-9(13-12-10)6-7-14-11/h1-7H. The van der Waals surface area contributed by atoms with Crippen molar-refractivity contribution in [1.82, 2.24) is 5.16 Å². The number of hydrogen-bond donors (Lipinski definition) is 0. The lowest BCUT2D eigenvalue weighted by Gasteiger charge is -1.92. The van der Waals surface area contributed by atoms with Gasteiger partial charge in [-0.1, -0.05) is 35.5 Å². The monoisotopic (exact) mass is 201 g/mol. The minimum atomic E-state index is 0.869. The molecule has 0 aliphatic rings. The van der Waals surface area contributed by atoms with Crippen LogP contribution in [0, 0.1) is 0 Å². The van der Waals surface area contributed by atoms with Gasteiger partial charge in [0.2, 0.25) is 0 Å². The van der Waals surface area contributed by atoms with E-state index in [4.69, 9.17) is 4.52 Å². The van der Waals surface area contributed by atoms with Crippen LogP contribution in [0.4, 0.5) is 0 Å². The Morgan fingerprint density at radius 3 is 2.79 bits per heavy atom. The van der Waals surface area contributed by atoms with Crippen molar-refractivity contribution >= 4 is 21.6 Å². The van der Waals surface area contributed by atoms with Gasteiger partial charge in [0.05, 0.1) is 0 Å². The highest BCUT2D eigenvalue weighted by molar-refractivity contribution is 7.17. The minimum Gasteiger partial charge on any atom is -0.355 e. The maximum atomic E-state index is 5.20. The molecular formula is C11H7NOS. The Morgan fingerprint density at radius 2 is 1.93 bits per heavy atom. The molecule has 0 unspecified atom stereocenters. The van der Waals surface area contributed by atoms with E-state index in [1.165, 1.54) is 0 Å². The number of thiophene rings is 1. The number of fused-ring (bicyclic) bond motifs is 1. The summed E-state index contributed by atoms with van der Waals surface area (Å²) in [6.07, 6.45) is 0. The molecule has 0 fully saturated rings. The van der Waals surface area contributed by atoms with E-state index in [1.807, 2.05) is 41.8 Å². The normalized spacial score (nSPS) is 10.9. The zero-order chi connectivity index (χ0) is 9.38. The molecule has 14 heavy (non-hydrogen) atoms. The van der Waals surface area contributed by atoms with Crippen molar-refractivity contribution in [3.63, 3.8) is 0 Å². The molecule has 3 rings (SSSR count). The van der Waals surface area contributed by atoms with Crippen LogP contribution in [0.1, 0.15) is 0 Å². The van der Waals surface area contributed by atoms with Crippen LogP contribution in [0.2, 0.25) is 0 Å². The van der Waals surface area contributed by atoms with Crippen molar-refractivity contribution in [3.8, 4) is 11.3 Å². The van der Waals surface area contributed by atoms with Crippen molar-refractivity contribution in [3.05, 3.63) is 41.8 Å². The van der Waals surface area contributed by atoms with Crippen molar-refractivity contribution < 1.29 is 4.52 Å². The van der Waals surface area contributed by atoms with Crippen molar-refractivity contribution in [2.45, 2.75) is 0 Å². The molecule has 2 aromatic heterocycles. The predicted molar refractivity (Wildman–Crippen MR) is 57.3 cm³/mol. The molecule has 0 aliphatic heterocycles. The summed E-state index contributed by atoms with van der Waals surface area (Å²) in [4.78, 5) is 0. The summed E-state index contributed by atoms with van der Waals surface area (Å²) in [6.45, 7) is 0. The van der Waals surface area contributed by atoms with E-state index in [2.05, 4.69) is 5.16 Å². The van der Waals surface area contributed by atoms with Crippen LogP contribution in [-0.2, 0) is 0 Å². The van der Waals surface area contributed by atoms with Crippen LogP contribution in [0.25, 0.3) is 21.5 Å². The first kappa shape index (κ1) is 7.76. The van der Waals surface area contributed by atoms with E-state index in [9.17, 15) is 0 Å². The Bertz CT molecular complexity index is 553. The molecule has 0 amide bonds. The Labute approximate surface area is 84.8 Å². The minimum absolute atomic E-state index is 0.869. The lowest BCUT2D eigenvalue weighted by atomic mass is 10.1. The second kappa shape index (κ2) is 2.96. The van der Waals surface area contributed by atoms with Gasteiger partial charge in [-0.05, 0) is 11.4 Å². The van der Waals surface area contributed by atoms with E-state index < -0.39 is 0 Å². The van der Waals surface area contributed by atoms with Gasteiger partial charge in [0, 0.05) is 5.56 Å². The SMILES string of the molecule is c1ccc(-c2noc3ccsc23)cc1. The molecule has 0 saturated heterocycles. The molecule has 0 radical (unpaired) electrons. The van der Waals surface area contributed by atoms with E-state index >= 15 is 0 Å². The second-order valence-corrected chi connectivity index (χ2v) is 3.93. The molecule has 0 N–H and O–H groups in total. The second-order valence-electron chi connectivity index (χ2n) is 3.01. The van der Waals surface area contributed by atoms with Gasteiger partial charge >= 0.3 is 0 Å². The van der Waals surface area contributed by atoms with Crippen LogP contribution in [0.5, 0.6) is 0 Å². The fraction of sp³-hybridized carbons (Fsp3) is 0. The van der Waals surface area contributed by atoms with Crippen molar-refractivity contribution in [2.75, 3.05) is 0 Å². The van der Waals surface area contributed by atoms with Gasteiger partial charge in [0.1, 0.15) is 10.4 Å².